The molecule has 0 amide bonds. The minimum Gasteiger partial charge on any atom is -0.490 e. The van der Waals surface area contributed by atoms with Crippen LogP contribution in [0, 0.1) is 5.92 Å². The Hall–Kier alpha value is -2.54. The molecule has 0 aromatic heterocycles. The molecule has 4 atom stereocenters. The van der Waals surface area contributed by atoms with Crippen molar-refractivity contribution in [3.8, 4) is 5.75 Å². The molecule has 1 N–H and O–H groups in total. The summed E-state index contributed by atoms with van der Waals surface area (Å²) in [5.41, 5.74) is 3.69. The number of benzene rings is 2. The van der Waals surface area contributed by atoms with Crippen LogP contribution in [-0.4, -0.2) is 56.7 Å². The number of hydrogen-bond donors (Lipinski definition) is 1. The fourth-order valence-electron chi connectivity index (χ4n) is 6.00. The van der Waals surface area contributed by atoms with Crippen molar-refractivity contribution in [2.24, 2.45) is 5.92 Å². The molecule has 35 heavy (non-hydrogen) atoms. The quantitative estimate of drug-likeness (QED) is 0.483. The highest BCUT2D eigenvalue weighted by Gasteiger charge is 2.43. The third kappa shape index (κ3) is 4.55. The van der Waals surface area contributed by atoms with Crippen LogP contribution in [0.15, 0.2) is 49.1 Å². The predicted molar refractivity (Wildman–Crippen MR) is 136 cm³/mol. The van der Waals surface area contributed by atoms with Gasteiger partial charge in [-0.3, -0.25) is 0 Å². The van der Waals surface area contributed by atoms with Gasteiger partial charge in [-0.15, -0.1) is 6.58 Å². The third-order valence-corrected chi connectivity index (χ3v) is 7.99. The van der Waals surface area contributed by atoms with E-state index in [0.29, 0.717) is 25.3 Å². The number of fused-ring (bicyclic) bond motifs is 3. The van der Waals surface area contributed by atoms with E-state index in [1.165, 1.54) is 18.2 Å². The summed E-state index contributed by atoms with van der Waals surface area (Å²) in [6.45, 7) is 6.30. The number of hydrogen-bond acceptors (Lipinski definition) is 6. The molecule has 186 valence electrons. The summed E-state index contributed by atoms with van der Waals surface area (Å²) < 4.78 is 17.3. The molecule has 2 heterocycles. The number of anilines is 1. The van der Waals surface area contributed by atoms with Crippen molar-refractivity contribution >= 4 is 23.3 Å². The summed E-state index contributed by atoms with van der Waals surface area (Å²) in [7, 11) is 1.39. The van der Waals surface area contributed by atoms with Crippen molar-refractivity contribution in [1.29, 1.82) is 0 Å². The molecule has 1 fully saturated rings. The SMILES string of the molecule is C=C[C@H](O)[C@@H]1OCC[C@H]1CN1C[C@@]2(CCCc3cc(Cl)ccc32)COc2ccc(C(=O)OC)cc21. The van der Waals surface area contributed by atoms with Gasteiger partial charge in [-0.25, -0.2) is 4.79 Å². The van der Waals surface area contributed by atoms with Gasteiger partial charge in [0.25, 0.3) is 0 Å². The first-order valence-corrected chi connectivity index (χ1v) is 12.6. The van der Waals surface area contributed by atoms with Crippen molar-refractivity contribution in [2.75, 3.05) is 38.3 Å². The zero-order valence-corrected chi connectivity index (χ0v) is 20.8. The van der Waals surface area contributed by atoms with Crippen LogP contribution in [0.2, 0.25) is 5.02 Å². The van der Waals surface area contributed by atoms with Crippen LogP contribution < -0.4 is 9.64 Å². The van der Waals surface area contributed by atoms with Gasteiger partial charge in [0.1, 0.15) is 5.75 Å². The van der Waals surface area contributed by atoms with Gasteiger partial charge < -0.3 is 24.2 Å². The average Bonchev–Trinajstić information content (AvgIpc) is 3.28. The number of aliphatic hydroxyl groups is 1. The number of halogens is 1. The van der Waals surface area contributed by atoms with E-state index in [1.807, 2.05) is 18.2 Å². The Morgan fingerprint density at radius 3 is 3.03 bits per heavy atom. The standard InChI is InChI=1S/C28H32ClNO5/c1-3-24(31)26-20(10-12-34-26)15-30-16-28(11-4-5-18-13-21(29)7-8-22(18)28)17-35-25-9-6-19(14-23(25)30)27(32)33-2/h3,6-9,13-14,20,24,26,31H,1,4-5,10-12,15-17H2,2H3/t20-,24-,26+,28-/m0/s1. The highest BCUT2D eigenvalue weighted by Crippen LogP contribution is 2.45. The van der Waals surface area contributed by atoms with E-state index in [0.717, 1.165) is 48.7 Å². The zero-order valence-electron chi connectivity index (χ0n) is 20.0. The molecule has 1 aliphatic carbocycles. The molecule has 5 rings (SSSR count). The fourth-order valence-corrected chi connectivity index (χ4v) is 6.20. The lowest BCUT2D eigenvalue weighted by molar-refractivity contribution is 0.00530. The summed E-state index contributed by atoms with van der Waals surface area (Å²) in [4.78, 5) is 14.7. The van der Waals surface area contributed by atoms with Crippen LogP contribution in [0.3, 0.4) is 0 Å². The number of ether oxygens (including phenoxy) is 3. The van der Waals surface area contributed by atoms with Gasteiger partial charge in [0.2, 0.25) is 0 Å². The van der Waals surface area contributed by atoms with Crippen molar-refractivity contribution in [3.63, 3.8) is 0 Å². The van der Waals surface area contributed by atoms with E-state index >= 15 is 0 Å². The summed E-state index contributed by atoms with van der Waals surface area (Å²) in [5.74, 6) is 0.477. The molecule has 0 unspecified atom stereocenters. The van der Waals surface area contributed by atoms with E-state index in [9.17, 15) is 9.90 Å². The van der Waals surface area contributed by atoms with E-state index in [-0.39, 0.29) is 23.4 Å². The van der Waals surface area contributed by atoms with Gasteiger partial charge in [0.05, 0.1) is 37.2 Å². The van der Waals surface area contributed by atoms with Crippen LogP contribution >= 0.6 is 11.6 Å². The maximum atomic E-state index is 12.3. The van der Waals surface area contributed by atoms with Crippen molar-refractivity contribution < 1.29 is 24.1 Å². The van der Waals surface area contributed by atoms with Crippen LogP contribution in [0.1, 0.15) is 40.7 Å². The number of carbonyl (C=O) groups is 1. The summed E-state index contributed by atoms with van der Waals surface area (Å²) >= 11 is 6.34. The smallest absolute Gasteiger partial charge is 0.337 e. The second kappa shape index (κ2) is 9.84. The normalized spacial score (nSPS) is 26.3. The number of methoxy groups -OCH3 is 1. The van der Waals surface area contributed by atoms with Gasteiger partial charge in [0, 0.05) is 36.1 Å². The van der Waals surface area contributed by atoms with E-state index in [4.69, 9.17) is 25.8 Å². The highest BCUT2D eigenvalue weighted by atomic mass is 35.5. The second-order valence-corrected chi connectivity index (χ2v) is 10.3. The molecule has 2 aliphatic heterocycles. The Labute approximate surface area is 211 Å². The minimum absolute atomic E-state index is 0.112. The Bertz CT molecular complexity index is 1120. The molecule has 2 aromatic carbocycles. The minimum atomic E-state index is -0.724. The topological polar surface area (TPSA) is 68.2 Å². The van der Waals surface area contributed by atoms with Crippen LogP contribution in [0.25, 0.3) is 0 Å². The number of aryl methyl sites for hydroxylation is 1. The Morgan fingerprint density at radius 1 is 1.37 bits per heavy atom. The first-order valence-electron chi connectivity index (χ1n) is 12.3. The third-order valence-electron chi connectivity index (χ3n) is 7.75. The number of nitrogens with zero attached hydrogens (tertiary/aromatic N) is 1. The van der Waals surface area contributed by atoms with E-state index in [2.05, 4.69) is 23.6 Å². The first kappa shape index (κ1) is 24.2. The van der Waals surface area contributed by atoms with Gasteiger partial charge >= 0.3 is 5.97 Å². The number of carbonyl (C=O) groups excluding carboxylic acids is 1. The lowest BCUT2D eigenvalue weighted by atomic mass is 9.70. The highest BCUT2D eigenvalue weighted by molar-refractivity contribution is 6.30. The Morgan fingerprint density at radius 2 is 2.23 bits per heavy atom. The molecule has 7 heteroatoms. The molecule has 1 saturated heterocycles. The van der Waals surface area contributed by atoms with Gasteiger partial charge in [0.15, 0.2) is 0 Å². The Balaban J connectivity index is 1.56. The maximum absolute atomic E-state index is 12.3. The van der Waals surface area contributed by atoms with Gasteiger partial charge in [-0.1, -0.05) is 23.7 Å². The number of aliphatic hydroxyl groups excluding tert-OH is 1. The molecular formula is C28H32ClNO5. The van der Waals surface area contributed by atoms with Gasteiger partial charge in [-0.2, -0.15) is 0 Å². The second-order valence-electron chi connectivity index (χ2n) is 9.89. The van der Waals surface area contributed by atoms with E-state index in [1.54, 1.807) is 12.1 Å². The molecule has 0 saturated carbocycles. The van der Waals surface area contributed by atoms with Crippen molar-refractivity contribution in [2.45, 2.75) is 43.3 Å². The fraction of sp³-hybridized carbons (Fsp3) is 0.464. The monoisotopic (exact) mass is 497 g/mol. The summed E-state index contributed by atoms with van der Waals surface area (Å²) in [5, 5.41) is 11.2. The van der Waals surface area contributed by atoms with Crippen LogP contribution in [-0.2, 0) is 21.3 Å². The molecule has 3 aliphatic rings. The van der Waals surface area contributed by atoms with Crippen molar-refractivity contribution in [1.82, 2.24) is 0 Å². The van der Waals surface area contributed by atoms with Crippen molar-refractivity contribution in [3.05, 3.63) is 70.8 Å². The largest absolute Gasteiger partial charge is 0.490 e. The summed E-state index contributed by atoms with van der Waals surface area (Å²) in [6.07, 6.45) is 4.41. The summed E-state index contributed by atoms with van der Waals surface area (Å²) in [6, 6.07) is 11.7. The van der Waals surface area contributed by atoms with Crippen LogP contribution in [0.5, 0.6) is 5.75 Å². The molecular weight excluding hydrogens is 466 g/mol. The molecule has 0 radical (unpaired) electrons. The molecule has 2 aromatic rings. The van der Waals surface area contributed by atoms with E-state index < -0.39 is 6.10 Å². The Kier molecular flexibility index (Phi) is 6.80. The molecule has 1 spiro atoms. The first-order chi connectivity index (χ1) is 16.9. The molecule has 6 nitrogen and oxygen atoms in total. The molecule has 0 bridgehead atoms. The maximum Gasteiger partial charge on any atom is 0.337 e. The zero-order chi connectivity index (χ0) is 24.6. The lowest BCUT2D eigenvalue weighted by Gasteiger charge is -2.41. The predicted octanol–water partition coefficient (Wildman–Crippen LogP) is 4.55. The number of rotatable bonds is 5. The van der Waals surface area contributed by atoms with Crippen LogP contribution in [0.4, 0.5) is 5.69 Å². The average molecular weight is 498 g/mol. The number of esters is 1. The van der Waals surface area contributed by atoms with Gasteiger partial charge in [-0.05, 0) is 67.1 Å². The lowest BCUT2D eigenvalue weighted by Crippen LogP contribution is -2.48.